The van der Waals surface area contributed by atoms with Gasteiger partial charge in [0.05, 0.1) is 6.26 Å². The van der Waals surface area contributed by atoms with Crippen molar-refractivity contribution in [3.05, 3.63) is 101 Å². The van der Waals surface area contributed by atoms with E-state index in [9.17, 15) is 14.0 Å². The molecule has 0 saturated heterocycles. The maximum atomic E-state index is 13.0. The molecule has 2 N–H and O–H groups in total. The molecule has 1 heterocycles. The van der Waals surface area contributed by atoms with Gasteiger partial charge in [-0.1, -0.05) is 29.8 Å². The van der Waals surface area contributed by atoms with Crippen molar-refractivity contribution in [3.8, 4) is 0 Å². The van der Waals surface area contributed by atoms with Crippen LogP contribution in [0.3, 0.4) is 0 Å². The van der Waals surface area contributed by atoms with Crippen molar-refractivity contribution in [2.45, 2.75) is 13.5 Å². The van der Waals surface area contributed by atoms with Crippen molar-refractivity contribution in [1.82, 2.24) is 10.6 Å². The topological polar surface area (TPSA) is 71.3 Å². The second-order valence-electron chi connectivity index (χ2n) is 6.20. The van der Waals surface area contributed by atoms with Gasteiger partial charge in [0, 0.05) is 18.2 Å². The third-order valence-corrected chi connectivity index (χ3v) is 4.00. The number of aryl methyl sites for hydroxylation is 1. The average molecular weight is 378 g/mol. The average Bonchev–Trinajstić information content (AvgIpc) is 3.20. The van der Waals surface area contributed by atoms with Crippen molar-refractivity contribution in [1.29, 1.82) is 0 Å². The third kappa shape index (κ3) is 5.17. The highest BCUT2D eigenvalue weighted by Gasteiger charge is 2.15. The summed E-state index contributed by atoms with van der Waals surface area (Å²) >= 11 is 0. The van der Waals surface area contributed by atoms with E-state index >= 15 is 0 Å². The smallest absolute Gasteiger partial charge is 0.268 e. The minimum Gasteiger partial charge on any atom is -0.465 e. The van der Waals surface area contributed by atoms with E-state index in [0.717, 1.165) is 11.1 Å². The summed E-state index contributed by atoms with van der Waals surface area (Å²) < 4.78 is 18.2. The van der Waals surface area contributed by atoms with Gasteiger partial charge in [-0.2, -0.15) is 0 Å². The summed E-state index contributed by atoms with van der Waals surface area (Å²) in [6, 6.07) is 16.2. The number of benzene rings is 2. The molecule has 0 aliphatic rings. The maximum Gasteiger partial charge on any atom is 0.268 e. The Bertz CT molecular complexity index is 976. The Kier molecular flexibility index (Phi) is 6.01. The Morgan fingerprint density at radius 1 is 1.04 bits per heavy atom. The third-order valence-electron chi connectivity index (χ3n) is 4.00. The lowest BCUT2D eigenvalue weighted by Gasteiger charge is -2.11. The molecule has 0 bridgehead atoms. The molecule has 3 aromatic rings. The van der Waals surface area contributed by atoms with Crippen LogP contribution in [0.4, 0.5) is 4.39 Å². The zero-order valence-electron chi connectivity index (χ0n) is 15.2. The van der Waals surface area contributed by atoms with Gasteiger partial charge in [-0.05, 0) is 48.9 Å². The fourth-order valence-corrected chi connectivity index (χ4v) is 2.45. The molecule has 0 aliphatic carbocycles. The van der Waals surface area contributed by atoms with E-state index in [2.05, 4.69) is 10.6 Å². The number of hydrogen-bond acceptors (Lipinski definition) is 3. The van der Waals surface area contributed by atoms with Crippen molar-refractivity contribution >= 4 is 17.9 Å². The molecule has 0 aliphatic heterocycles. The van der Waals surface area contributed by atoms with Gasteiger partial charge in [0.2, 0.25) is 0 Å². The molecule has 2 amide bonds. The highest BCUT2D eigenvalue weighted by Crippen LogP contribution is 2.09. The van der Waals surface area contributed by atoms with Crippen LogP contribution in [0.5, 0.6) is 0 Å². The van der Waals surface area contributed by atoms with Gasteiger partial charge in [-0.3, -0.25) is 9.59 Å². The lowest BCUT2D eigenvalue weighted by molar-refractivity contribution is -0.117. The number of halogens is 1. The lowest BCUT2D eigenvalue weighted by Crippen LogP contribution is -2.34. The summed E-state index contributed by atoms with van der Waals surface area (Å²) in [5.41, 5.74) is 2.24. The van der Waals surface area contributed by atoms with Crippen LogP contribution in [-0.2, 0) is 11.3 Å². The standard InChI is InChI=1S/C22H19FN2O3/c1-15-4-8-17(9-5-15)21(26)25-20(13-19-3-2-12-28-19)22(27)24-14-16-6-10-18(23)11-7-16/h2-13H,14H2,1H3,(H,24,27)(H,25,26)/b20-13-. The van der Waals surface area contributed by atoms with Crippen LogP contribution in [0.2, 0.25) is 0 Å². The maximum absolute atomic E-state index is 13.0. The Balaban J connectivity index is 1.74. The summed E-state index contributed by atoms with van der Waals surface area (Å²) in [4.78, 5) is 25.1. The van der Waals surface area contributed by atoms with Crippen LogP contribution in [0.25, 0.3) is 6.08 Å². The number of carbonyl (C=O) groups is 2. The largest absolute Gasteiger partial charge is 0.465 e. The summed E-state index contributed by atoms with van der Waals surface area (Å²) in [5, 5.41) is 5.34. The van der Waals surface area contributed by atoms with E-state index in [4.69, 9.17) is 4.42 Å². The van der Waals surface area contributed by atoms with E-state index in [-0.39, 0.29) is 18.1 Å². The minimum absolute atomic E-state index is 0.0441. The van der Waals surface area contributed by atoms with E-state index in [1.807, 2.05) is 19.1 Å². The van der Waals surface area contributed by atoms with Crippen LogP contribution in [-0.4, -0.2) is 11.8 Å². The molecule has 1 aromatic heterocycles. The van der Waals surface area contributed by atoms with Gasteiger partial charge in [0.1, 0.15) is 17.3 Å². The van der Waals surface area contributed by atoms with E-state index in [1.165, 1.54) is 24.5 Å². The number of nitrogens with one attached hydrogen (secondary N) is 2. The van der Waals surface area contributed by atoms with Crippen LogP contribution >= 0.6 is 0 Å². The highest BCUT2D eigenvalue weighted by molar-refractivity contribution is 6.05. The molecule has 0 fully saturated rings. The Morgan fingerprint density at radius 2 is 1.75 bits per heavy atom. The molecule has 0 unspecified atom stereocenters. The van der Waals surface area contributed by atoms with E-state index in [1.54, 1.807) is 36.4 Å². The molecule has 0 saturated carbocycles. The lowest BCUT2D eigenvalue weighted by atomic mass is 10.1. The number of furan rings is 1. The fraction of sp³-hybridized carbons (Fsp3) is 0.0909. The zero-order chi connectivity index (χ0) is 19.9. The van der Waals surface area contributed by atoms with Gasteiger partial charge < -0.3 is 15.1 Å². The molecule has 5 nitrogen and oxygen atoms in total. The molecule has 0 spiro atoms. The number of amides is 2. The van der Waals surface area contributed by atoms with Crippen LogP contribution in [0.1, 0.15) is 27.2 Å². The second-order valence-corrected chi connectivity index (χ2v) is 6.20. The quantitative estimate of drug-likeness (QED) is 0.641. The van der Waals surface area contributed by atoms with Crippen molar-refractivity contribution < 1.29 is 18.4 Å². The summed E-state index contributed by atoms with van der Waals surface area (Å²) in [6.07, 6.45) is 2.92. The number of hydrogen-bond donors (Lipinski definition) is 2. The van der Waals surface area contributed by atoms with Gasteiger partial charge >= 0.3 is 0 Å². The SMILES string of the molecule is Cc1ccc(C(=O)N/C(=C\c2ccco2)C(=O)NCc2ccc(F)cc2)cc1. The minimum atomic E-state index is -0.485. The first kappa shape index (κ1) is 19.1. The highest BCUT2D eigenvalue weighted by atomic mass is 19.1. The van der Waals surface area contributed by atoms with Crippen molar-refractivity contribution in [2.24, 2.45) is 0 Å². The number of carbonyl (C=O) groups excluding carboxylic acids is 2. The zero-order valence-corrected chi connectivity index (χ0v) is 15.2. The summed E-state index contributed by atoms with van der Waals surface area (Å²) in [6.45, 7) is 2.11. The fourth-order valence-electron chi connectivity index (χ4n) is 2.45. The molecule has 142 valence electrons. The predicted molar refractivity (Wildman–Crippen MR) is 104 cm³/mol. The van der Waals surface area contributed by atoms with Crippen LogP contribution in [0, 0.1) is 12.7 Å². The van der Waals surface area contributed by atoms with Crippen LogP contribution in [0.15, 0.2) is 77.0 Å². The van der Waals surface area contributed by atoms with Gasteiger partial charge in [-0.15, -0.1) is 0 Å². The molecule has 6 heteroatoms. The van der Waals surface area contributed by atoms with E-state index in [0.29, 0.717) is 11.3 Å². The Morgan fingerprint density at radius 3 is 2.39 bits per heavy atom. The molecule has 2 aromatic carbocycles. The monoisotopic (exact) mass is 378 g/mol. The van der Waals surface area contributed by atoms with E-state index < -0.39 is 11.8 Å². The summed E-state index contributed by atoms with van der Waals surface area (Å²) in [5.74, 6) is -0.814. The van der Waals surface area contributed by atoms with Gasteiger partial charge in [0.25, 0.3) is 11.8 Å². The Hall–Kier alpha value is -3.67. The normalized spacial score (nSPS) is 11.1. The Labute approximate surface area is 161 Å². The molecule has 0 atom stereocenters. The second kappa shape index (κ2) is 8.81. The molecular weight excluding hydrogens is 359 g/mol. The van der Waals surface area contributed by atoms with Crippen molar-refractivity contribution in [3.63, 3.8) is 0 Å². The molecule has 28 heavy (non-hydrogen) atoms. The van der Waals surface area contributed by atoms with Crippen molar-refractivity contribution in [2.75, 3.05) is 0 Å². The predicted octanol–water partition coefficient (Wildman–Crippen LogP) is 3.81. The van der Waals surface area contributed by atoms with Gasteiger partial charge in [-0.25, -0.2) is 4.39 Å². The molecule has 3 rings (SSSR count). The molecule has 0 radical (unpaired) electrons. The number of rotatable bonds is 6. The van der Waals surface area contributed by atoms with Crippen LogP contribution < -0.4 is 10.6 Å². The van der Waals surface area contributed by atoms with Gasteiger partial charge in [0.15, 0.2) is 0 Å². The first-order valence-corrected chi connectivity index (χ1v) is 8.67. The first-order valence-electron chi connectivity index (χ1n) is 8.67. The first-order chi connectivity index (χ1) is 13.5. The summed E-state index contributed by atoms with van der Waals surface area (Å²) in [7, 11) is 0. The molecular formula is C22H19FN2O3.